The summed E-state index contributed by atoms with van der Waals surface area (Å²) in [5.74, 6) is 1.18. The van der Waals surface area contributed by atoms with E-state index in [9.17, 15) is 8.42 Å². The van der Waals surface area contributed by atoms with Crippen LogP contribution in [0.25, 0.3) is 0 Å². The summed E-state index contributed by atoms with van der Waals surface area (Å²) >= 11 is 10.2. The molecule has 0 aromatic carbocycles. The first-order valence-electron chi connectivity index (χ1n) is 6.09. The van der Waals surface area contributed by atoms with E-state index in [-0.39, 0.29) is 4.21 Å². The molecule has 0 radical (unpaired) electrons. The van der Waals surface area contributed by atoms with Crippen LogP contribution in [-0.2, 0) is 10.0 Å². The molecule has 1 N–H and O–H groups in total. The van der Waals surface area contributed by atoms with Gasteiger partial charge in [-0.15, -0.1) is 11.3 Å². The van der Waals surface area contributed by atoms with Crippen LogP contribution in [0.5, 0.6) is 0 Å². The average Bonchev–Trinajstić information content (AvgIpc) is 2.59. The molecule has 3 nitrogen and oxygen atoms in total. The maximum atomic E-state index is 12.2. The Labute approximate surface area is 132 Å². The minimum absolute atomic E-state index is 0.246. The predicted octanol–water partition coefficient (Wildman–Crippen LogP) is 4.37. The summed E-state index contributed by atoms with van der Waals surface area (Å²) in [4.78, 5) is 0. The van der Waals surface area contributed by atoms with Gasteiger partial charge in [0.1, 0.15) is 4.21 Å². The average molecular weight is 389 g/mol. The third kappa shape index (κ3) is 4.70. The lowest BCUT2D eigenvalue weighted by Gasteiger charge is -2.24. The smallest absolute Gasteiger partial charge is 0.210 e. The molecule has 7 heteroatoms. The van der Waals surface area contributed by atoms with Crippen LogP contribution in [0.15, 0.2) is 14.1 Å². The standard InChI is InChI=1S/C12H19BrClNO2S2/c1-7(2)9(8(3)4)6-15-19(16,17)11-5-10(14)12(13)18-11/h5,7-9,15H,6H2,1-4H3. The van der Waals surface area contributed by atoms with Gasteiger partial charge in [-0.3, -0.25) is 0 Å². The van der Waals surface area contributed by atoms with Crippen molar-refractivity contribution in [3.05, 3.63) is 14.9 Å². The largest absolute Gasteiger partial charge is 0.250 e. The first-order chi connectivity index (χ1) is 8.65. The van der Waals surface area contributed by atoms with Crippen LogP contribution < -0.4 is 4.72 Å². The molecule has 0 amide bonds. The van der Waals surface area contributed by atoms with Crippen molar-refractivity contribution in [2.75, 3.05) is 6.54 Å². The van der Waals surface area contributed by atoms with Crippen molar-refractivity contribution in [1.29, 1.82) is 0 Å². The molecule has 1 aromatic rings. The van der Waals surface area contributed by atoms with Crippen molar-refractivity contribution in [3.63, 3.8) is 0 Å². The topological polar surface area (TPSA) is 46.2 Å². The summed E-state index contributed by atoms with van der Waals surface area (Å²) in [5.41, 5.74) is 0. The highest BCUT2D eigenvalue weighted by Gasteiger charge is 2.23. The molecule has 0 unspecified atom stereocenters. The van der Waals surface area contributed by atoms with E-state index in [1.165, 1.54) is 6.07 Å². The van der Waals surface area contributed by atoms with Crippen LogP contribution >= 0.6 is 38.9 Å². The third-order valence-corrected chi connectivity index (χ3v) is 7.48. The van der Waals surface area contributed by atoms with Crippen LogP contribution in [0.3, 0.4) is 0 Å². The van der Waals surface area contributed by atoms with Gasteiger partial charge < -0.3 is 0 Å². The number of nitrogens with one attached hydrogen (secondary N) is 1. The molecule has 1 heterocycles. The van der Waals surface area contributed by atoms with Crippen molar-refractivity contribution in [3.8, 4) is 0 Å². The fourth-order valence-corrected chi connectivity index (χ4v) is 5.49. The van der Waals surface area contributed by atoms with Gasteiger partial charge in [0.2, 0.25) is 10.0 Å². The highest BCUT2D eigenvalue weighted by molar-refractivity contribution is 9.11. The van der Waals surface area contributed by atoms with E-state index in [2.05, 4.69) is 48.3 Å². The lowest BCUT2D eigenvalue weighted by Crippen LogP contribution is -2.33. The first-order valence-corrected chi connectivity index (χ1v) is 9.56. The van der Waals surface area contributed by atoms with Gasteiger partial charge in [-0.2, -0.15) is 0 Å². The SMILES string of the molecule is CC(C)C(CNS(=O)(=O)c1cc(Cl)c(Br)s1)C(C)C. The van der Waals surface area contributed by atoms with E-state index >= 15 is 0 Å². The molecule has 1 aromatic heterocycles. The zero-order chi connectivity index (χ0) is 14.8. The van der Waals surface area contributed by atoms with E-state index in [4.69, 9.17) is 11.6 Å². The number of rotatable bonds is 6. The Hall–Kier alpha value is 0.380. The molecule has 110 valence electrons. The number of thiophene rings is 1. The highest BCUT2D eigenvalue weighted by atomic mass is 79.9. The number of halogens is 2. The summed E-state index contributed by atoms with van der Waals surface area (Å²) in [6.45, 7) is 8.88. The summed E-state index contributed by atoms with van der Waals surface area (Å²) in [6, 6.07) is 1.47. The van der Waals surface area contributed by atoms with Gasteiger partial charge in [0.05, 0.1) is 8.81 Å². The minimum Gasteiger partial charge on any atom is -0.210 e. The Balaban J connectivity index is 2.80. The minimum atomic E-state index is -3.47. The van der Waals surface area contributed by atoms with Gasteiger partial charge in [-0.05, 0) is 39.8 Å². The van der Waals surface area contributed by atoms with Crippen LogP contribution in [0.1, 0.15) is 27.7 Å². The quantitative estimate of drug-likeness (QED) is 0.786. The number of sulfonamides is 1. The lowest BCUT2D eigenvalue weighted by atomic mass is 9.86. The molecular weight excluding hydrogens is 370 g/mol. The Morgan fingerprint density at radius 2 is 1.84 bits per heavy atom. The summed E-state index contributed by atoms with van der Waals surface area (Å²) in [5, 5.41) is 0.426. The van der Waals surface area contributed by atoms with Crippen LogP contribution in [0, 0.1) is 17.8 Å². The fraction of sp³-hybridized carbons (Fsp3) is 0.667. The van der Waals surface area contributed by atoms with Crippen LogP contribution in [0.4, 0.5) is 0 Å². The highest BCUT2D eigenvalue weighted by Crippen LogP contribution is 2.34. The van der Waals surface area contributed by atoms with E-state index in [1.54, 1.807) is 0 Å². The van der Waals surface area contributed by atoms with Crippen molar-refractivity contribution in [2.45, 2.75) is 31.9 Å². The van der Waals surface area contributed by atoms with Gasteiger partial charge in [-0.25, -0.2) is 13.1 Å². The maximum absolute atomic E-state index is 12.2. The molecule has 0 bridgehead atoms. The Kier molecular flexibility index (Phi) is 6.32. The molecule has 0 saturated carbocycles. The van der Waals surface area contributed by atoms with E-state index in [1.807, 2.05) is 0 Å². The summed E-state index contributed by atoms with van der Waals surface area (Å²) < 4.78 is 27.9. The Morgan fingerprint density at radius 1 is 1.32 bits per heavy atom. The molecule has 0 aliphatic rings. The van der Waals surface area contributed by atoms with Gasteiger partial charge in [-0.1, -0.05) is 39.3 Å². The summed E-state index contributed by atoms with van der Waals surface area (Å²) in [6.07, 6.45) is 0. The normalized spacial score (nSPS) is 12.9. The second-order valence-corrected chi connectivity index (χ2v) is 9.96. The van der Waals surface area contributed by atoms with Crippen molar-refractivity contribution in [2.24, 2.45) is 17.8 Å². The second-order valence-electron chi connectivity index (χ2n) is 5.19. The zero-order valence-electron chi connectivity index (χ0n) is 11.4. The predicted molar refractivity (Wildman–Crippen MR) is 85.4 cm³/mol. The maximum Gasteiger partial charge on any atom is 0.250 e. The fourth-order valence-electron chi connectivity index (χ4n) is 1.98. The third-order valence-electron chi connectivity index (χ3n) is 3.11. The van der Waals surface area contributed by atoms with E-state index in [0.29, 0.717) is 33.1 Å². The number of hydrogen-bond acceptors (Lipinski definition) is 3. The molecule has 19 heavy (non-hydrogen) atoms. The summed E-state index contributed by atoms with van der Waals surface area (Å²) in [7, 11) is -3.47. The van der Waals surface area contributed by atoms with Crippen LogP contribution in [0.2, 0.25) is 5.02 Å². The van der Waals surface area contributed by atoms with Crippen molar-refractivity contribution in [1.82, 2.24) is 4.72 Å². The van der Waals surface area contributed by atoms with Crippen molar-refractivity contribution >= 4 is 48.9 Å². The van der Waals surface area contributed by atoms with Gasteiger partial charge >= 0.3 is 0 Å². The first kappa shape index (κ1) is 17.4. The second kappa shape index (κ2) is 6.89. The molecule has 0 aliphatic heterocycles. The molecule has 0 atom stereocenters. The lowest BCUT2D eigenvalue weighted by molar-refractivity contribution is 0.289. The Morgan fingerprint density at radius 3 is 2.21 bits per heavy atom. The van der Waals surface area contributed by atoms with Crippen LogP contribution in [-0.4, -0.2) is 15.0 Å². The molecular formula is C12H19BrClNO2S2. The number of hydrogen-bond donors (Lipinski definition) is 1. The molecule has 0 saturated heterocycles. The van der Waals surface area contributed by atoms with E-state index < -0.39 is 10.0 Å². The molecule has 0 spiro atoms. The zero-order valence-corrected chi connectivity index (χ0v) is 15.4. The Bertz CT molecular complexity index is 498. The van der Waals surface area contributed by atoms with E-state index in [0.717, 1.165) is 11.3 Å². The van der Waals surface area contributed by atoms with Gasteiger partial charge in [0.15, 0.2) is 0 Å². The van der Waals surface area contributed by atoms with Gasteiger partial charge in [0.25, 0.3) is 0 Å². The van der Waals surface area contributed by atoms with Crippen molar-refractivity contribution < 1.29 is 8.42 Å². The molecule has 0 fully saturated rings. The molecule has 0 aliphatic carbocycles. The molecule has 1 rings (SSSR count). The van der Waals surface area contributed by atoms with Gasteiger partial charge in [0, 0.05) is 6.54 Å². The monoisotopic (exact) mass is 387 g/mol.